The van der Waals surface area contributed by atoms with Gasteiger partial charge in [-0.2, -0.15) is 31.3 Å². The van der Waals surface area contributed by atoms with E-state index in [1.807, 2.05) is 13.8 Å². The molecule has 34 heavy (non-hydrogen) atoms. The number of anilines is 3. The Hall–Kier alpha value is -3.41. The number of rotatable bonds is 7. The van der Waals surface area contributed by atoms with E-state index in [1.54, 1.807) is 12.1 Å². The summed E-state index contributed by atoms with van der Waals surface area (Å²) in [6, 6.07) is 5.52. The summed E-state index contributed by atoms with van der Waals surface area (Å²) in [6.45, 7) is 3.43. The van der Waals surface area contributed by atoms with E-state index in [9.17, 15) is 31.4 Å². The van der Waals surface area contributed by atoms with E-state index in [1.165, 1.54) is 18.5 Å². The monoisotopic (exact) mass is 485 g/mol. The Morgan fingerprint density at radius 2 is 1.71 bits per heavy atom. The minimum atomic E-state index is -5.05. The smallest absolute Gasteiger partial charge is 0.394 e. The van der Waals surface area contributed by atoms with E-state index in [0.29, 0.717) is 23.4 Å². The number of alkyl halides is 6. The lowest BCUT2D eigenvalue weighted by Crippen LogP contribution is -2.30. The highest BCUT2D eigenvalue weighted by atomic mass is 19.4. The Kier molecular flexibility index (Phi) is 7.29. The number of nitrogens with one attached hydrogen (secondary N) is 2. The molecular formula is C22H21F6N5O. The number of aliphatic hydroxyl groups excluding tert-OH is 1. The highest BCUT2D eigenvalue weighted by Crippen LogP contribution is 2.40. The maximum atomic E-state index is 13.6. The van der Waals surface area contributed by atoms with E-state index in [-0.39, 0.29) is 30.4 Å². The van der Waals surface area contributed by atoms with Gasteiger partial charge in [-0.25, -0.2) is 4.98 Å². The summed E-state index contributed by atoms with van der Waals surface area (Å²) in [6.07, 6.45) is -6.97. The van der Waals surface area contributed by atoms with Crippen molar-refractivity contribution < 1.29 is 31.4 Å². The highest BCUT2D eigenvalue weighted by molar-refractivity contribution is 5.69. The molecule has 12 heteroatoms. The van der Waals surface area contributed by atoms with Crippen LogP contribution in [0.5, 0.6) is 0 Å². The van der Waals surface area contributed by atoms with Crippen LogP contribution in [0.1, 0.15) is 25.0 Å². The zero-order valence-electron chi connectivity index (χ0n) is 18.0. The number of benzene rings is 1. The fraction of sp³-hybridized carbons (Fsp3) is 0.318. The van der Waals surface area contributed by atoms with Gasteiger partial charge in [-0.1, -0.05) is 13.8 Å². The molecule has 1 atom stereocenters. The average Bonchev–Trinajstić information content (AvgIpc) is 2.76. The van der Waals surface area contributed by atoms with Gasteiger partial charge in [0.25, 0.3) is 0 Å². The van der Waals surface area contributed by atoms with Crippen LogP contribution in [0, 0.1) is 5.92 Å². The summed E-state index contributed by atoms with van der Waals surface area (Å²) < 4.78 is 79.6. The second-order valence-corrected chi connectivity index (χ2v) is 7.76. The Morgan fingerprint density at radius 3 is 2.26 bits per heavy atom. The number of nitrogens with zero attached hydrogens (tertiary/aromatic N) is 3. The molecule has 0 amide bonds. The van der Waals surface area contributed by atoms with Gasteiger partial charge in [-0.05, 0) is 36.2 Å². The molecular weight excluding hydrogens is 464 g/mol. The molecule has 0 radical (unpaired) electrons. The third kappa shape index (κ3) is 6.13. The molecule has 2 heterocycles. The van der Waals surface area contributed by atoms with Gasteiger partial charge >= 0.3 is 12.4 Å². The maximum Gasteiger partial charge on any atom is 0.418 e. The van der Waals surface area contributed by atoms with Crippen LogP contribution in [-0.2, 0) is 12.4 Å². The number of hydrogen-bond acceptors (Lipinski definition) is 6. The zero-order chi connectivity index (χ0) is 25.1. The van der Waals surface area contributed by atoms with Gasteiger partial charge in [0.1, 0.15) is 5.82 Å². The van der Waals surface area contributed by atoms with Crippen LogP contribution in [0.4, 0.5) is 43.8 Å². The molecule has 0 aliphatic rings. The second-order valence-electron chi connectivity index (χ2n) is 7.76. The standard InChI is InChI=1S/C22H21F6N5O/c1-12(2)18(11-34)32-20-31-17(13-4-3-7-29-10-13)9-19(33-20)30-16-6-5-14(21(23,24)25)8-15(16)22(26,27)28/h3-10,12,18,34H,11H2,1-2H3,(H2,30,31,32,33)/t18-/m0/s1. The molecule has 1 aromatic carbocycles. The van der Waals surface area contributed by atoms with Crippen molar-refractivity contribution in [2.75, 3.05) is 17.2 Å². The first-order valence-electron chi connectivity index (χ1n) is 10.1. The summed E-state index contributed by atoms with van der Waals surface area (Å²) in [5.41, 5.74) is -2.69. The normalized spacial score (nSPS) is 13.1. The summed E-state index contributed by atoms with van der Waals surface area (Å²) in [5, 5.41) is 15.0. The quantitative estimate of drug-likeness (QED) is 0.370. The third-order valence-electron chi connectivity index (χ3n) is 4.91. The van der Waals surface area contributed by atoms with E-state index in [4.69, 9.17) is 0 Å². The van der Waals surface area contributed by atoms with Crippen molar-refractivity contribution in [1.82, 2.24) is 15.0 Å². The summed E-state index contributed by atoms with van der Waals surface area (Å²) >= 11 is 0. The van der Waals surface area contributed by atoms with Crippen LogP contribution >= 0.6 is 0 Å². The van der Waals surface area contributed by atoms with Gasteiger partial charge in [-0.3, -0.25) is 4.98 Å². The molecule has 3 aromatic rings. The number of aliphatic hydroxyl groups is 1. The molecule has 3 N–H and O–H groups in total. The van der Waals surface area contributed by atoms with Crippen LogP contribution in [0.15, 0.2) is 48.8 Å². The number of aromatic nitrogens is 3. The molecule has 0 aliphatic carbocycles. The van der Waals surface area contributed by atoms with Gasteiger partial charge in [0.15, 0.2) is 0 Å². The minimum Gasteiger partial charge on any atom is -0.394 e. The number of pyridine rings is 1. The predicted molar refractivity (Wildman–Crippen MR) is 114 cm³/mol. The first-order valence-corrected chi connectivity index (χ1v) is 10.1. The van der Waals surface area contributed by atoms with Crippen molar-refractivity contribution in [2.24, 2.45) is 5.92 Å². The van der Waals surface area contributed by atoms with Crippen molar-refractivity contribution in [3.05, 3.63) is 59.9 Å². The minimum absolute atomic E-state index is 0.0112. The Balaban J connectivity index is 2.08. The fourth-order valence-corrected chi connectivity index (χ4v) is 3.03. The molecule has 0 saturated heterocycles. The first kappa shape index (κ1) is 25.2. The van der Waals surface area contributed by atoms with Gasteiger partial charge in [0.05, 0.1) is 35.2 Å². The van der Waals surface area contributed by atoms with Gasteiger partial charge in [0.2, 0.25) is 5.95 Å². The van der Waals surface area contributed by atoms with E-state index < -0.39 is 35.2 Å². The summed E-state index contributed by atoms with van der Waals surface area (Å²) in [5.74, 6) is -0.113. The molecule has 0 fully saturated rings. The zero-order valence-corrected chi connectivity index (χ0v) is 18.0. The molecule has 0 spiro atoms. The van der Waals surface area contributed by atoms with Crippen molar-refractivity contribution >= 4 is 17.5 Å². The number of hydrogen-bond donors (Lipinski definition) is 3. The molecule has 3 rings (SSSR count). The summed E-state index contributed by atoms with van der Waals surface area (Å²) in [7, 11) is 0. The lowest BCUT2D eigenvalue weighted by Gasteiger charge is -2.21. The van der Waals surface area contributed by atoms with Gasteiger partial charge < -0.3 is 15.7 Å². The SMILES string of the molecule is CC(C)[C@H](CO)Nc1nc(Nc2ccc(C(F)(F)F)cc2C(F)(F)F)cc(-c2cccnc2)n1. The molecule has 0 unspecified atom stereocenters. The lowest BCUT2D eigenvalue weighted by molar-refractivity contribution is -0.142. The Labute approximate surface area is 191 Å². The Morgan fingerprint density at radius 1 is 0.971 bits per heavy atom. The predicted octanol–water partition coefficient (Wildman–Crippen LogP) is 5.75. The highest BCUT2D eigenvalue weighted by Gasteiger charge is 2.38. The molecule has 182 valence electrons. The van der Waals surface area contributed by atoms with Gasteiger partial charge in [0, 0.05) is 24.0 Å². The molecule has 6 nitrogen and oxygen atoms in total. The van der Waals surface area contributed by atoms with Crippen LogP contribution in [0.25, 0.3) is 11.3 Å². The molecule has 2 aromatic heterocycles. The van der Waals surface area contributed by atoms with Gasteiger partial charge in [-0.15, -0.1) is 0 Å². The van der Waals surface area contributed by atoms with Crippen molar-refractivity contribution in [3.8, 4) is 11.3 Å². The van der Waals surface area contributed by atoms with E-state index >= 15 is 0 Å². The first-order chi connectivity index (χ1) is 15.9. The Bertz CT molecular complexity index is 1120. The molecule has 0 saturated carbocycles. The van der Waals surface area contributed by atoms with Crippen LogP contribution in [0.3, 0.4) is 0 Å². The lowest BCUT2D eigenvalue weighted by atomic mass is 10.1. The number of halogens is 6. The van der Waals surface area contributed by atoms with Crippen LogP contribution in [-0.4, -0.2) is 32.7 Å². The van der Waals surface area contributed by atoms with Crippen molar-refractivity contribution in [1.29, 1.82) is 0 Å². The largest absolute Gasteiger partial charge is 0.418 e. The fourth-order valence-electron chi connectivity index (χ4n) is 3.03. The van der Waals surface area contributed by atoms with E-state index in [2.05, 4.69) is 25.6 Å². The van der Waals surface area contributed by atoms with Crippen LogP contribution in [0.2, 0.25) is 0 Å². The summed E-state index contributed by atoms with van der Waals surface area (Å²) in [4.78, 5) is 12.5. The average molecular weight is 485 g/mol. The van der Waals surface area contributed by atoms with Crippen molar-refractivity contribution in [3.63, 3.8) is 0 Å². The van der Waals surface area contributed by atoms with E-state index in [0.717, 1.165) is 0 Å². The van der Waals surface area contributed by atoms with Crippen LogP contribution < -0.4 is 10.6 Å². The molecule has 0 bridgehead atoms. The molecule has 0 aliphatic heterocycles. The maximum absolute atomic E-state index is 13.6. The second kappa shape index (κ2) is 9.84. The topological polar surface area (TPSA) is 83.0 Å². The van der Waals surface area contributed by atoms with Crippen molar-refractivity contribution in [2.45, 2.75) is 32.2 Å². The third-order valence-corrected chi connectivity index (χ3v) is 4.91.